The zero-order valence-electron chi connectivity index (χ0n) is 11.8. The molecular formula is C16H21NO2. The van der Waals surface area contributed by atoms with Gasteiger partial charge >= 0.3 is 0 Å². The van der Waals surface area contributed by atoms with E-state index in [2.05, 4.69) is 31.3 Å². The molecule has 3 nitrogen and oxygen atoms in total. The number of nitrogens with one attached hydrogen (secondary N) is 1. The second-order valence-electron chi connectivity index (χ2n) is 4.90. The fraction of sp³-hybridized carbons (Fsp3) is 0.375. The molecule has 1 amide bonds. The minimum atomic E-state index is -0.172. The summed E-state index contributed by atoms with van der Waals surface area (Å²) in [5.41, 5.74) is 2.27. The van der Waals surface area contributed by atoms with E-state index >= 15 is 0 Å². The molecule has 0 spiro atoms. The Bertz CT molecular complexity index is 458. The van der Waals surface area contributed by atoms with Crippen molar-refractivity contribution < 1.29 is 9.59 Å². The Morgan fingerprint density at radius 3 is 2.37 bits per heavy atom. The number of benzene rings is 1. The predicted molar refractivity (Wildman–Crippen MR) is 77.9 cm³/mol. The summed E-state index contributed by atoms with van der Waals surface area (Å²) in [6.07, 6.45) is 3.64. The first kappa shape index (κ1) is 15.2. The van der Waals surface area contributed by atoms with Crippen molar-refractivity contribution in [1.82, 2.24) is 5.32 Å². The van der Waals surface area contributed by atoms with Crippen LogP contribution in [0.1, 0.15) is 44.2 Å². The molecule has 19 heavy (non-hydrogen) atoms. The van der Waals surface area contributed by atoms with Crippen molar-refractivity contribution in [2.45, 2.75) is 33.1 Å². The van der Waals surface area contributed by atoms with Crippen molar-refractivity contribution >= 4 is 17.8 Å². The van der Waals surface area contributed by atoms with Crippen LogP contribution in [-0.4, -0.2) is 18.2 Å². The Hall–Kier alpha value is -1.90. The highest BCUT2D eigenvalue weighted by Crippen LogP contribution is 2.15. The van der Waals surface area contributed by atoms with E-state index in [0.717, 1.165) is 5.56 Å². The minimum absolute atomic E-state index is 0.0774. The van der Waals surface area contributed by atoms with Gasteiger partial charge in [-0.05, 0) is 30.0 Å². The first-order valence-corrected chi connectivity index (χ1v) is 6.54. The van der Waals surface area contributed by atoms with E-state index in [1.807, 2.05) is 12.1 Å². The average Bonchev–Trinajstić information content (AvgIpc) is 2.36. The number of Topliss-reactive ketones (excluding diaryl/α,β-unsaturated/α-hetero) is 1. The summed E-state index contributed by atoms with van der Waals surface area (Å²) in [6, 6.07) is 8.12. The van der Waals surface area contributed by atoms with Gasteiger partial charge in [0.15, 0.2) is 0 Å². The summed E-state index contributed by atoms with van der Waals surface area (Å²) in [4.78, 5) is 22.2. The molecule has 0 bridgehead atoms. The van der Waals surface area contributed by atoms with Gasteiger partial charge in [0.25, 0.3) is 0 Å². The number of carbonyl (C=O) groups is 2. The first-order chi connectivity index (χ1) is 8.99. The van der Waals surface area contributed by atoms with E-state index < -0.39 is 0 Å². The molecule has 0 unspecified atom stereocenters. The molecule has 0 radical (unpaired) electrons. The van der Waals surface area contributed by atoms with Crippen molar-refractivity contribution in [1.29, 1.82) is 0 Å². The summed E-state index contributed by atoms with van der Waals surface area (Å²) in [6.45, 7) is 6.20. The van der Waals surface area contributed by atoms with Crippen LogP contribution in [0.2, 0.25) is 0 Å². The third kappa shape index (κ3) is 6.00. The van der Waals surface area contributed by atoms with Crippen LogP contribution in [0.25, 0.3) is 6.08 Å². The van der Waals surface area contributed by atoms with Crippen LogP contribution in [0.5, 0.6) is 0 Å². The predicted octanol–water partition coefficient (Wildman–Crippen LogP) is 2.92. The normalized spacial score (nSPS) is 10.9. The Morgan fingerprint density at radius 2 is 1.84 bits per heavy atom. The molecule has 0 aromatic heterocycles. The Morgan fingerprint density at radius 1 is 1.21 bits per heavy atom. The van der Waals surface area contributed by atoms with Gasteiger partial charge < -0.3 is 5.32 Å². The van der Waals surface area contributed by atoms with E-state index in [1.165, 1.54) is 18.6 Å². The van der Waals surface area contributed by atoms with E-state index in [9.17, 15) is 9.59 Å². The van der Waals surface area contributed by atoms with E-state index in [0.29, 0.717) is 18.9 Å². The van der Waals surface area contributed by atoms with Gasteiger partial charge in [0.2, 0.25) is 5.91 Å². The molecule has 1 aromatic carbocycles. The highest BCUT2D eigenvalue weighted by atomic mass is 16.1. The van der Waals surface area contributed by atoms with Crippen LogP contribution < -0.4 is 5.32 Å². The third-order valence-corrected chi connectivity index (χ3v) is 2.81. The number of hydrogen-bond donors (Lipinski definition) is 1. The topological polar surface area (TPSA) is 46.2 Å². The largest absolute Gasteiger partial charge is 0.352 e. The molecule has 1 N–H and O–H groups in total. The Kier molecular flexibility index (Phi) is 6.00. The Labute approximate surface area is 114 Å². The smallest absolute Gasteiger partial charge is 0.244 e. The van der Waals surface area contributed by atoms with Crippen molar-refractivity contribution in [2.24, 2.45) is 0 Å². The maximum atomic E-state index is 11.5. The van der Waals surface area contributed by atoms with E-state index in [1.54, 1.807) is 6.08 Å². The van der Waals surface area contributed by atoms with Gasteiger partial charge in [-0.15, -0.1) is 0 Å². The Balaban J connectivity index is 2.47. The molecule has 0 aliphatic heterocycles. The number of ketones is 1. The second-order valence-corrected chi connectivity index (χ2v) is 4.90. The summed E-state index contributed by atoms with van der Waals surface area (Å²) >= 11 is 0. The molecule has 0 fully saturated rings. The van der Waals surface area contributed by atoms with Gasteiger partial charge in [-0.25, -0.2) is 0 Å². The van der Waals surface area contributed by atoms with Crippen molar-refractivity contribution in [3.63, 3.8) is 0 Å². The second kappa shape index (κ2) is 7.52. The molecule has 0 aliphatic carbocycles. The highest BCUT2D eigenvalue weighted by molar-refractivity contribution is 5.92. The lowest BCUT2D eigenvalue weighted by atomic mass is 10.0. The molecule has 0 atom stereocenters. The van der Waals surface area contributed by atoms with E-state index in [4.69, 9.17) is 0 Å². The van der Waals surface area contributed by atoms with E-state index in [-0.39, 0.29) is 11.7 Å². The lowest BCUT2D eigenvalue weighted by Gasteiger charge is -2.04. The molecule has 1 rings (SSSR count). The lowest BCUT2D eigenvalue weighted by Crippen LogP contribution is -2.23. The molecular weight excluding hydrogens is 238 g/mol. The molecule has 0 saturated carbocycles. The number of rotatable bonds is 6. The van der Waals surface area contributed by atoms with Crippen molar-refractivity contribution in [3.05, 3.63) is 41.5 Å². The summed E-state index contributed by atoms with van der Waals surface area (Å²) in [5, 5.41) is 2.67. The fourth-order valence-electron chi connectivity index (χ4n) is 1.58. The maximum Gasteiger partial charge on any atom is 0.244 e. The van der Waals surface area contributed by atoms with Crippen LogP contribution in [0.3, 0.4) is 0 Å². The van der Waals surface area contributed by atoms with Gasteiger partial charge in [-0.3, -0.25) is 9.59 Å². The zero-order valence-corrected chi connectivity index (χ0v) is 11.8. The number of amides is 1. The minimum Gasteiger partial charge on any atom is -0.352 e. The van der Waals surface area contributed by atoms with Crippen LogP contribution in [-0.2, 0) is 9.59 Å². The molecule has 0 heterocycles. The van der Waals surface area contributed by atoms with Crippen molar-refractivity contribution in [3.8, 4) is 0 Å². The quantitative estimate of drug-likeness (QED) is 0.798. The van der Waals surface area contributed by atoms with Crippen LogP contribution >= 0.6 is 0 Å². The fourth-order valence-corrected chi connectivity index (χ4v) is 1.58. The van der Waals surface area contributed by atoms with Crippen LogP contribution in [0.4, 0.5) is 0 Å². The van der Waals surface area contributed by atoms with Gasteiger partial charge in [0, 0.05) is 19.0 Å². The SMILES string of the molecule is CC(=O)CCNC(=O)/C=C/c1ccc(C(C)C)cc1. The molecule has 0 aliphatic rings. The van der Waals surface area contributed by atoms with Gasteiger partial charge in [0.1, 0.15) is 5.78 Å². The molecule has 102 valence electrons. The first-order valence-electron chi connectivity index (χ1n) is 6.54. The molecule has 1 aromatic rings. The van der Waals surface area contributed by atoms with Crippen LogP contribution in [0, 0.1) is 0 Å². The summed E-state index contributed by atoms with van der Waals surface area (Å²) in [7, 11) is 0. The standard InChI is InChI=1S/C16H21NO2/c1-12(2)15-7-4-14(5-8-15)6-9-16(19)17-11-10-13(3)18/h4-9,12H,10-11H2,1-3H3,(H,17,19)/b9-6+. The summed E-state index contributed by atoms with van der Waals surface area (Å²) < 4.78 is 0. The third-order valence-electron chi connectivity index (χ3n) is 2.81. The lowest BCUT2D eigenvalue weighted by molar-refractivity contribution is -0.117. The monoisotopic (exact) mass is 259 g/mol. The molecule has 3 heteroatoms. The average molecular weight is 259 g/mol. The van der Waals surface area contributed by atoms with Gasteiger partial charge in [-0.2, -0.15) is 0 Å². The number of hydrogen-bond acceptors (Lipinski definition) is 2. The van der Waals surface area contributed by atoms with Crippen molar-refractivity contribution in [2.75, 3.05) is 6.54 Å². The number of carbonyl (C=O) groups excluding carboxylic acids is 2. The maximum absolute atomic E-state index is 11.5. The summed E-state index contributed by atoms with van der Waals surface area (Å²) in [5.74, 6) is 0.413. The van der Waals surface area contributed by atoms with Gasteiger partial charge in [0.05, 0.1) is 0 Å². The highest BCUT2D eigenvalue weighted by Gasteiger charge is 1.99. The zero-order chi connectivity index (χ0) is 14.3. The van der Waals surface area contributed by atoms with Gasteiger partial charge in [-0.1, -0.05) is 38.1 Å². The molecule has 0 saturated heterocycles. The van der Waals surface area contributed by atoms with Crippen LogP contribution in [0.15, 0.2) is 30.3 Å².